The van der Waals surface area contributed by atoms with Gasteiger partial charge in [0.1, 0.15) is 11.4 Å². The lowest BCUT2D eigenvalue weighted by Crippen LogP contribution is -2.01. The van der Waals surface area contributed by atoms with Crippen LogP contribution in [0.3, 0.4) is 0 Å². The molecule has 0 radical (unpaired) electrons. The number of carbonyl (C=O) groups is 1. The van der Waals surface area contributed by atoms with Crippen molar-refractivity contribution in [3.63, 3.8) is 0 Å². The van der Waals surface area contributed by atoms with Crippen molar-refractivity contribution >= 4 is 5.97 Å². The molecule has 0 bridgehead atoms. The maximum atomic E-state index is 13.4. The summed E-state index contributed by atoms with van der Waals surface area (Å²) < 4.78 is 13.4. The minimum atomic E-state index is -1.32. The van der Waals surface area contributed by atoms with Gasteiger partial charge in [-0.15, -0.1) is 0 Å². The van der Waals surface area contributed by atoms with Crippen molar-refractivity contribution in [2.45, 2.75) is 0 Å². The van der Waals surface area contributed by atoms with E-state index in [9.17, 15) is 9.18 Å². The Kier molecular flexibility index (Phi) is 2.64. The predicted molar refractivity (Wildman–Crippen MR) is 56.6 cm³/mol. The molecule has 16 heavy (non-hydrogen) atoms. The largest absolute Gasteiger partial charge is 0.478 e. The van der Waals surface area contributed by atoms with Crippen LogP contribution < -0.4 is 0 Å². The van der Waals surface area contributed by atoms with Gasteiger partial charge < -0.3 is 5.11 Å². The monoisotopic (exact) mass is 217 g/mol. The molecule has 0 amide bonds. The number of rotatable bonds is 2. The normalized spacial score (nSPS) is 10.1. The third-order valence-corrected chi connectivity index (χ3v) is 2.15. The third-order valence-electron chi connectivity index (χ3n) is 2.15. The van der Waals surface area contributed by atoms with E-state index in [0.29, 0.717) is 5.69 Å². The zero-order chi connectivity index (χ0) is 11.5. The third kappa shape index (κ3) is 1.91. The second-order valence-corrected chi connectivity index (χ2v) is 3.22. The molecule has 0 atom stereocenters. The lowest BCUT2D eigenvalue weighted by molar-refractivity contribution is 0.0691. The average Bonchev–Trinajstić information content (AvgIpc) is 2.29. The molecule has 2 rings (SSSR count). The van der Waals surface area contributed by atoms with Crippen molar-refractivity contribution in [3.8, 4) is 11.3 Å². The Hall–Kier alpha value is -2.23. The first kappa shape index (κ1) is 10.3. The molecule has 0 fully saturated rings. The highest BCUT2D eigenvalue weighted by Crippen LogP contribution is 2.18. The van der Waals surface area contributed by atoms with Gasteiger partial charge in [-0.05, 0) is 0 Å². The number of halogens is 1. The lowest BCUT2D eigenvalue weighted by Gasteiger charge is -2.02. The Bertz CT molecular complexity index is 526. The summed E-state index contributed by atoms with van der Waals surface area (Å²) in [6.07, 6.45) is 1.03. The summed E-state index contributed by atoms with van der Waals surface area (Å²) in [4.78, 5) is 14.5. The Morgan fingerprint density at radius 3 is 2.50 bits per heavy atom. The van der Waals surface area contributed by atoms with E-state index in [1.807, 2.05) is 6.07 Å². The van der Waals surface area contributed by atoms with Crippen LogP contribution in [0.4, 0.5) is 4.39 Å². The fourth-order valence-corrected chi connectivity index (χ4v) is 1.35. The van der Waals surface area contributed by atoms with E-state index in [1.165, 1.54) is 0 Å². The van der Waals surface area contributed by atoms with Crippen molar-refractivity contribution in [1.82, 2.24) is 4.98 Å². The number of pyridine rings is 1. The van der Waals surface area contributed by atoms with Gasteiger partial charge >= 0.3 is 5.97 Å². The summed E-state index contributed by atoms with van der Waals surface area (Å²) in [6.45, 7) is 0. The lowest BCUT2D eigenvalue weighted by atomic mass is 10.1. The highest BCUT2D eigenvalue weighted by Gasteiger charge is 2.11. The molecule has 4 heteroatoms. The number of benzene rings is 1. The Labute approximate surface area is 91.2 Å². The van der Waals surface area contributed by atoms with E-state index >= 15 is 0 Å². The molecule has 1 aromatic heterocycles. The van der Waals surface area contributed by atoms with Crippen LogP contribution in [0.1, 0.15) is 10.4 Å². The first-order chi connectivity index (χ1) is 7.68. The van der Waals surface area contributed by atoms with Crippen molar-refractivity contribution in [3.05, 3.63) is 54.0 Å². The smallest absolute Gasteiger partial charge is 0.340 e. The maximum Gasteiger partial charge on any atom is 0.340 e. The van der Waals surface area contributed by atoms with Gasteiger partial charge in [-0.3, -0.25) is 4.98 Å². The summed E-state index contributed by atoms with van der Waals surface area (Å²) in [5.74, 6) is -2.09. The molecular formula is C12H8FNO2. The van der Waals surface area contributed by atoms with E-state index in [0.717, 1.165) is 17.8 Å². The molecular weight excluding hydrogens is 209 g/mol. The van der Waals surface area contributed by atoms with Crippen molar-refractivity contribution in [2.75, 3.05) is 0 Å². The number of aromatic nitrogens is 1. The topological polar surface area (TPSA) is 50.2 Å². The van der Waals surface area contributed by atoms with Gasteiger partial charge in [0.05, 0.1) is 5.69 Å². The summed E-state index contributed by atoms with van der Waals surface area (Å²) in [5.41, 5.74) is 0.751. The number of hydrogen-bond acceptors (Lipinski definition) is 2. The molecule has 0 unspecified atom stereocenters. The van der Waals surface area contributed by atoms with E-state index in [1.54, 1.807) is 24.3 Å². The summed E-state index contributed by atoms with van der Waals surface area (Å²) >= 11 is 0. The van der Waals surface area contributed by atoms with Crippen LogP contribution >= 0.6 is 0 Å². The minimum Gasteiger partial charge on any atom is -0.478 e. The van der Waals surface area contributed by atoms with Crippen LogP contribution in [0.15, 0.2) is 42.6 Å². The number of carboxylic acid groups (broad SMARTS) is 1. The zero-order valence-electron chi connectivity index (χ0n) is 8.22. The average molecular weight is 217 g/mol. The van der Waals surface area contributed by atoms with Crippen LogP contribution in [-0.2, 0) is 0 Å². The van der Waals surface area contributed by atoms with Crippen molar-refractivity contribution < 1.29 is 14.3 Å². The fourth-order valence-electron chi connectivity index (χ4n) is 1.35. The van der Waals surface area contributed by atoms with E-state index in [-0.39, 0.29) is 0 Å². The zero-order valence-corrected chi connectivity index (χ0v) is 8.22. The van der Waals surface area contributed by atoms with Gasteiger partial charge in [0, 0.05) is 17.8 Å². The highest BCUT2D eigenvalue weighted by molar-refractivity contribution is 5.87. The molecule has 1 aromatic carbocycles. The fraction of sp³-hybridized carbons (Fsp3) is 0. The molecule has 2 aromatic rings. The van der Waals surface area contributed by atoms with Crippen LogP contribution in [0.25, 0.3) is 11.3 Å². The number of hydrogen-bond donors (Lipinski definition) is 1. The van der Waals surface area contributed by atoms with Gasteiger partial charge in [-0.2, -0.15) is 0 Å². The maximum absolute atomic E-state index is 13.4. The molecule has 0 saturated carbocycles. The second-order valence-electron chi connectivity index (χ2n) is 3.22. The number of carboxylic acids is 1. The molecule has 0 aliphatic heterocycles. The predicted octanol–water partition coefficient (Wildman–Crippen LogP) is 2.59. The molecule has 80 valence electrons. The van der Waals surface area contributed by atoms with E-state index in [4.69, 9.17) is 5.11 Å². The van der Waals surface area contributed by atoms with E-state index in [2.05, 4.69) is 4.98 Å². The summed E-state index contributed by atoms with van der Waals surface area (Å²) in [7, 11) is 0. The van der Waals surface area contributed by atoms with Crippen LogP contribution in [-0.4, -0.2) is 16.1 Å². The number of nitrogens with zero attached hydrogens (tertiary/aromatic N) is 1. The molecule has 0 aliphatic rings. The van der Waals surface area contributed by atoms with Gasteiger partial charge in [0.25, 0.3) is 0 Å². The molecule has 3 nitrogen and oxygen atoms in total. The molecule has 0 spiro atoms. The first-order valence-electron chi connectivity index (χ1n) is 4.63. The summed E-state index contributed by atoms with van der Waals surface area (Å²) in [5, 5.41) is 8.65. The van der Waals surface area contributed by atoms with Crippen molar-refractivity contribution in [2.24, 2.45) is 0 Å². The quantitative estimate of drug-likeness (QED) is 0.841. The molecule has 0 saturated heterocycles. The standard InChI is InChI=1S/C12H8FNO2/c13-10-6-11(8-4-2-1-3-5-8)14-7-9(10)12(15)16/h1-7H,(H,15,16). The Balaban J connectivity index is 2.46. The van der Waals surface area contributed by atoms with Crippen LogP contribution in [0.2, 0.25) is 0 Å². The van der Waals surface area contributed by atoms with E-state index < -0.39 is 17.3 Å². The van der Waals surface area contributed by atoms with Gasteiger partial charge in [0.2, 0.25) is 0 Å². The Morgan fingerprint density at radius 1 is 1.25 bits per heavy atom. The van der Waals surface area contributed by atoms with Gasteiger partial charge in [-0.1, -0.05) is 30.3 Å². The first-order valence-corrected chi connectivity index (χ1v) is 4.63. The highest BCUT2D eigenvalue weighted by atomic mass is 19.1. The molecule has 1 N–H and O–H groups in total. The second kappa shape index (κ2) is 4.10. The van der Waals surface area contributed by atoms with Gasteiger partial charge in [0.15, 0.2) is 0 Å². The van der Waals surface area contributed by atoms with Crippen LogP contribution in [0.5, 0.6) is 0 Å². The Morgan fingerprint density at radius 2 is 1.94 bits per heavy atom. The van der Waals surface area contributed by atoms with Crippen LogP contribution in [0, 0.1) is 5.82 Å². The number of aromatic carboxylic acids is 1. The SMILES string of the molecule is O=C(O)c1cnc(-c2ccccc2)cc1F. The van der Waals surface area contributed by atoms with Crippen molar-refractivity contribution in [1.29, 1.82) is 0 Å². The molecule has 1 heterocycles. The van der Waals surface area contributed by atoms with Gasteiger partial charge in [-0.25, -0.2) is 9.18 Å². The molecule has 0 aliphatic carbocycles. The minimum absolute atomic E-state index is 0.417. The summed E-state index contributed by atoms with van der Waals surface area (Å²) in [6, 6.07) is 10.1.